The fourth-order valence-corrected chi connectivity index (χ4v) is 6.64. The molecule has 2 aliphatic rings. The standard InChI is InChI=1S/C35H39NO10/c1-22(37)44-33-29-18-28(45-32(40)21-43-20-31(38)39)19-30(36(29)2)34(33)46-35(23-8-6-5-7-9-23,24-10-14-26(41-3)15-11-24)25-12-16-27(42-4)17-13-25/h5-17,28-30,33-34H,18-21H2,1-4H3,(H,38,39)/t28?,29-,30+,33-,34+/m0/s1. The van der Waals surface area contributed by atoms with Gasteiger partial charge in [0, 0.05) is 25.8 Å². The van der Waals surface area contributed by atoms with Crippen LogP contribution in [0.25, 0.3) is 0 Å². The van der Waals surface area contributed by atoms with Gasteiger partial charge in [-0.2, -0.15) is 0 Å². The zero-order chi connectivity index (χ0) is 32.8. The van der Waals surface area contributed by atoms with Crippen molar-refractivity contribution in [1.29, 1.82) is 0 Å². The van der Waals surface area contributed by atoms with Gasteiger partial charge in [0.1, 0.15) is 48.6 Å². The van der Waals surface area contributed by atoms with Crippen LogP contribution in [-0.2, 0) is 38.9 Å². The van der Waals surface area contributed by atoms with Gasteiger partial charge in [0.2, 0.25) is 0 Å². The quantitative estimate of drug-likeness (QED) is 0.218. The molecule has 11 nitrogen and oxygen atoms in total. The Hall–Kier alpha value is -4.45. The van der Waals surface area contributed by atoms with Crippen LogP contribution in [0.2, 0.25) is 0 Å². The lowest BCUT2D eigenvalue weighted by molar-refractivity contribution is -0.161. The monoisotopic (exact) mass is 633 g/mol. The Morgan fingerprint density at radius 1 is 0.761 bits per heavy atom. The van der Waals surface area contributed by atoms with E-state index in [0.717, 1.165) is 16.7 Å². The molecule has 3 aromatic rings. The van der Waals surface area contributed by atoms with E-state index in [1.54, 1.807) is 14.2 Å². The van der Waals surface area contributed by atoms with Crippen LogP contribution in [-0.4, -0.2) is 92.8 Å². The maximum atomic E-state index is 12.5. The average Bonchev–Trinajstić information content (AvgIpc) is 3.18. The summed E-state index contributed by atoms with van der Waals surface area (Å²) in [5.74, 6) is -0.912. The summed E-state index contributed by atoms with van der Waals surface area (Å²) >= 11 is 0. The summed E-state index contributed by atoms with van der Waals surface area (Å²) in [6.07, 6.45) is -1.06. The molecule has 46 heavy (non-hydrogen) atoms. The SMILES string of the molecule is COc1ccc(C(O[C@H]2[C@@H](OC(C)=O)[C@@H]3CC(OC(=O)COCC(=O)O)C[C@H]2N3C)(c2ccccc2)c2ccc(OC)cc2)cc1. The third-order valence-corrected chi connectivity index (χ3v) is 8.67. The Kier molecular flexibility index (Phi) is 10.3. The van der Waals surface area contributed by atoms with Gasteiger partial charge in [-0.05, 0) is 48.0 Å². The Morgan fingerprint density at radius 3 is 1.78 bits per heavy atom. The molecule has 244 valence electrons. The van der Waals surface area contributed by atoms with Crippen LogP contribution in [0.4, 0.5) is 0 Å². The number of rotatable bonds is 13. The van der Waals surface area contributed by atoms with E-state index in [9.17, 15) is 14.4 Å². The van der Waals surface area contributed by atoms with Gasteiger partial charge in [-0.1, -0.05) is 54.6 Å². The number of likely N-dealkylation sites (N-methyl/N-ethyl adjacent to an activating group) is 1. The Bertz CT molecular complexity index is 1450. The lowest BCUT2D eigenvalue weighted by Crippen LogP contribution is -2.47. The number of esters is 2. The second kappa shape index (κ2) is 14.3. The van der Waals surface area contributed by atoms with E-state index in [1.165, 1.54) is 6.92 Å². The fraction of sp³-hybridized carbons (Fsp3) is 0.400. The summed E-state index contributed by atoms with van der Waals surface area (Å²) in [6.45, 7) is 0.290. The highest BCUT2D eigenvalue weighted by molar-refractivity contribution is 5.72. The minimum absolute atomic E-state index is 0.305. The van der Waals surface area contributed by atoms with Crippen molar-refractivity contribution < 1.29 is 47.9 Å². The number of hydrogen-bond acceptors (Lipinski definition) is 10. The summed E-state index contributed by atoms with van der Waals surface area (Å²) in [4.78, 5) is 38.0. The van der Waals surface area contributed by atoms with Crippen LogP contribution in [0.5, 0.6) is 11.5 Å². The van der Waals surface area contributed by atoms with Gasteiger partial charge in [0.05, 0.1) is 20.3 Å². The molecule has 2 bridgehead atoms. The number of carbonyl (C=O) groups is 3. The van der Waals surface area contributed by atoms with Gasteiger partial charge in [0.25, 0.3) is 0 Å². The van der Waals surface area contributed by atoms with Crippen molar-refractivity contribution in [2.24, 2.45) is 0 Å². The van der Waals surface area contributed by atoms with Crippen LogP contribution >= 0.6 is 0 Å². The predicted octanol–water partition coefficient (Wildman–Crippen LogP) is 3.80. The molecule has 0 aromatic heterocycles. The van der Waals surface area contributed by atoms with Crippen LogP contribution in [0.1, 0.15) is 36.5 Å². The van der Waals surface area contributed by atoms with Crippen molar-refractivity contribution in [3.8, 4) is 11.5 Å². The topological polar surface area (TPSA) is 130 Å². The lowest BCUT2D eigenvalue weighted by atomic mass is 9.79. The Morgan fingerprint density at radius 2 is 1.28 bits per heavy atom. The molecule has 2 aliphatic heterocycles. The molecule has 11 heteroatoms. The van der Waals surface area contributed by atoms with Crippen LogP contribution in [0.3, 0.4) is 0 Å². The second-order valence-corrected chi connectivity index (χ2v) is 11.4. The molecule has 5 atom stereocenters. The van der Waals surface area contributed by atoms with E-state index in [0.29, 0.717) is 24.3 Å². The number of piperidine rings is 1. The van der Waals surface area contributed by atoms with E-state index in [-0.39, 0.29) is 12.1 Å². The van der Waals surface area contributed by atoms with Crippen LogP contribution in [0.15, 0.2) is 78.9 Å². The first-order valence-corrected chi connectivity index (χ1v) is 15.1. The molecule has 0 radical (unpaired) electrons. The number of aliphatic carboxylic acids is 1. The largest absolute Gasteiger partial charge is 0.497 e. The summed E-state index contributed by atoms with van der Waals surface area (Å²) in [5, 5.41) is 8.83. The van der Waals surface area contributed by atoms with Crippen molar-refractivity contribution in [2.75, 3.05) is 34.5 Å². The number of ether oxygens (including phenoxy) is 6. The highest BCUT2D eigenvalue weighted by Gasteiger charge is 2.57. The first-order chi connectivity index (χ1) is 22.2. The molecule has 0 amide bonds. The molecule has 2 heterocycles. The van der Waals surface area contributed by atoms with E-state index < -0.39 is 55.0 Å². The molecule has 5 rings (SSSR count). The summed E-state index contributed by atoms with van der Waals surface area (Å²) in [5.41, 5.74) is 1.34. The maximum absolute atomic E-state index is 12.5. The summed E-state index contributed by atoms with van der Waals surface area (Å²) in [7, 11) is 5.17. The molecular weight excluding hydrogens is 594 g/mol. The molecule has 0 aliphatic carbocycles. The third kappa shape index (κ3) is 6.86. The number of methoxy groups -OCH3 is 2. The first kappa shape index (κ1) is 32.9. The van der Waals surface area contributed by atoms with Gasteiger partial charge < -0.3 is 33.5 Å². The highest BCUT2D eigenvalue weighted by atomic mass is 16.6. The number of fused-ring (bicyclic) bond motifs is 2. The molecule has 1 N–H and O–H groups in total. The van der Waals surface area contributed by atoms with Crippen molar-refractivity contribution in [1.82, 2.24) is 4.90 Å². The number of nitrogens with zero attached hydrogens (tertiary/aromatic N) is 1. The van der Waals surface area contributed by atoms with E-state index >= 15 is 0 Å². The minimum Gasteiger partial charge on any atom is -0.497 e. The smallest absolute Gasteiger partial charge is 0.332 e. The van der Waals surface area contributed by atoms with Crippen molar-refractivity contribution in [3.63, 3.8) is 0 Å². The van der Waals surface area contributed by atoms with Crippen molar-refractivity contribution in [2.45, 2.75) is 55.8 Å². The highest BCUT2D eigenvalue weighted by Crippen LogP contribution is 2.48. The average molecular weight is 634 g/mol. The van der Waals surface area contributed by atoms with Crippen molar-refractivity contribution >= 4 is 17.9 Å². The van der Waals surface area contributed by atoms with Gasteiger partial charge in [-0.3, -0.25) is 9.69 Å². The van der Waals surface area contributed by atoms with Gasteiger partial charge in [0.15, 0.2) is 0 Å². The molecule has 1 unspecified atom stereocenters. The molecule has 0 spiro atoms. The number of hydrogen-bond donors (Lipinski definition) is 1. The lowest BCUT2D eigenvalue weighted by Gasteiger charge is -2.41. The first-order valence-electron chi connectivity index (χ1n) is 15.1. The van der Waals surface area contributed by atoms with Crippen LogP contribution < -0.4 is 9.47 Å². The zero-order valence-electron chi connectivity index (χ0n) is 26.3. The number of carbonyl (C=O) groups excluding carboxylic acids is 2. The third-order valence-electron chi connectivity index (χ3n) is 8.67. The molecule has 2 saturated heterocycles. The van der Waals surface area contributed by atoms with E-state index in [2.05, 4.69) is 4.90 Å². The summed E-state index contributed by atoms with van der Waals surface area (Å²) < 4.78 is 35.0. The number of carboxylic acids is 1. The summed E-state index contributed by atoms with van der Waals surface area (Å²) in [6, 6.07) is 24.6. The van der Waals surface area contributed by atoms with Gasteiger partial charge in [-0.15, -0.1) is 0 Å². The molecular formula is C35H39NO10. The predicted molar refractivity (Wildman–Crippen MR) is 166 cm³/mol. The maximum Gasteiger partial charge on any atom is 0.332 e. The zero-order valence-corrected chi connectivity index (χ0v) is 26.3. The van der Waals surface area contributed by atoms with E-state index in [1.807, 2.05) is 85.9 Å². The van der Waals surface area contributed by atoms with Gasteiger partial charge in [-0.25, -0.2) is 9.59 Å². The fourth-order valence-electron chi connectivity index (χ4n) is 6.64. The molecule has 3 aromatic carbocycles. The van der Waals surface area contributed by atoms with Crippen LogP contribution in [0, 0.1) is 0 Å². The van der Waals surface area contributed by atoms with Crippen molar-refractivity contribution in [3.05, 3.63) is 95.6 Å². The molecule has 0 saturated carbocycles. The number of carboxylic acid groups (broad SMARTS) is 1. The Labute approximate surface area is 267 Å². The number of benzene rings is 3. The second-order valence-electron chi connectivity index (χ2n) is 11.4. The molecule has 2 fully saturated rings. The normalized spacial score (nSPS) is 22.6. The van der Waals surface area contributed by atoms with Gasteiger partial charge >= 0.3 is 17.9 Å². The van der Waals surface area contributed by atoms with E-state index in [4.69, 9.17) is 33.5 Å². The minimum atomic E-state index is -1.18. The Balaban J connectivity index is 1.58.